The Bertz CT molecular complexity index is 991. The van der Waals surface area contributed by atoms with Crippen molar-refractivity contribution in [3.63, 3.8) is 0 Å². The SMILES string of the molecule is CCc1ccc(/C(O)=C2/C(=O)C(=O)N(CCN(C)C)C2c2ccc(OC(C)C)cc2)cc1. The Morgan fingerprint density at radius 2 is 1.69 bits per heavy atom. The van der Waals surface area contributed by atoms with Gasteiger partial charge in [-0.2, -0.15) is 0 Å². The lowest BCUT2D eigenvalue weighted by molar-refractivity contribution is -0.140. The van der Waals surface area contributed by atoms with Crippen molar-refractivity contribution < 1.29 is 19.4 Å². The van der Waals surface area contributed by atoms with Crippen LogP contribution in [-0.4, -0.2) is 59.9 Å². The van der Waals surface area contributed by atoms with Crippen LogP contribution in [0.2, 0.25) is 0 Å². The van der Waals surface area contributed by atoms with Gasteiger partial charge in [-0.25, -0.2) is 0 Å². The van der Waals surface area contributed by atoms with Crippen LogP contribution < -0.4 is 4.74 Å². The molecule has 2 aromatic carbocycles. The Morgan fingerprint density at radius 3 is 2.22 bits per heavy atom. The number of ether oxygens (including phenoxy) is 1. The van der Waals surface area contributed by atoms with Crippen molar-refractivity contribution >= 4 is 17.4 Å². The summed E-state index contributed by atoms with van der Waals surface area (Å²) in [6.45, 7) is 6.93. The molecule has 1 N–H and O–H groups in total. The molecule has 1 fully saturated rings. The average molecular weight is 437 g/mol. The number of rotatable bonds is 8. The molecule has 0 saturated carbocycles. The van der Waals surface area contributed by atoms with Gasteiger partial charge in [0.05, 0.1) is 17.7 Å². The molecule has 1 amide bonds. The molecule has 0 radical (unpaired) electrons. The minimum absolute atomic E-state index is 0.0395. The molecule has 170 valence electrons. The summed E-state index contributed by atoms with van der Waals surface area (Å²) in [5.74, 6) is -0.686. The monoisotopic (exact) mass is 436 g/mol. The minimum Gasteiger partial charge on any atom is -0.507 e. The van der Waals surface area contributed by atoms with Crippen LogP contribution in [0.4, 0.5) is 0 Å². The maximum absolute atomic E-state index is 13.0. The second kappa shape index (κ2) is 10.0. The molecule has 2 aromatic rings. The van der Waals surface area contributed by atoms with E-state index in [-0.39, 0.29) is 17.4 Å². The van der Waals surface area contributed by atoms with Crippen LogP contribution in [0.15, 0.2) is 54.1 Å². The maximum atomic E-state index is 13.0. The van der Waals surface area contributed by atoms with Gasteiger partial charge in [0.15, 0.2) is 0 Å². The summed E-state index contributed by atoms with van der Waals surface area (Å²) in [5, 5.41) is 11.1. The fourth-order valence-corrected chi connectivity index (χ4v) is 3.82. The van der Waals surface area contributed by atoms with E-state index >= 15 is 0 Å². The van der Waals surface area contributed by atoms with E-state index in [1.807, 2.05) is 69.2 Å². The lowest BCUT2D eigenvalue weighted by Gasteiger charge is -2.26. The molecule has 1 aliphatic heterocycles. The second-order valence-corrected chi connectivity index (χ2v) is 8.58. The Hall–Kier alpha value is -3.12. The predicted molar refractivity (Wildman–Crippen MR) is 126 cm³/mol. The second-order valence-electron chi connectivity index (χ2n) is 8.58. The number of Topliss-reactive ketones (excluding diaryl/α,β-unsaturated/α-hetero) is 1. The van der Waals surface area contributed by atoms with Crippen LogP contribution in [0, 0.1) is 0 Å². The highest BCUT2D eigenvalue weighted by atomic mass is 16.5. The number of likely N-dealkylation sites (N-methyl/N-ethyl adjacent to an activating group) is 1. The fourth-order valence-electron chi connectivity index (χ4n) is 3.82. The third kappa shape index (κ3) is 5.02. The first kappa shape index (κ1) is 23.5. The van der Waals surface area contributed by atoms with Crippen LogP contribution in [0.25, 0.3) is 5.76 Å². The number of amides is 1. The molecule has 1 heterocycles. The van der Waals surface area contributed by atoms with Crippen molar-refractivity contribution in [3.8, 4) is 5.75 Å². The standard InChI is InChI=1S/C26H32N2O4/c1-6-18-7-9-20(10-8-18)24(29)22-23(19-11-13-21(14-12-19)32-17(2)3)28(16-15-27(4)5)26(31)25(22)30/h7-14,17,23,29H,6,15-16H2,1-5H3/b24-22-. The molecule has 1 unspecified atom stereocenters. The number of benzene rings is 2. The first-order valence-corrected chi connectivity index (χ1v) is 11.0. The lowest BCUT2D eigenvalue weighted by Crippen LogP contribution is -2.35. The number of aliphatic hydroxyl groups is 1. The molecule has 0 spiro atoms. The van der Waals surface area contributed by atoms with E-state index in [1.54, 1.807) is 17.0 Å². The molecule has 6 heteroatoms. The molecular formula is C26H32N2O4. The predicted octanol–water partition coefficient (Wildman–Crippen LogP) is 4.02. The summed E-state index contributed by atoms with van der Waals surface area (Å²) >= 11 is 0. The van der Waals surface area contributed by atoms with E-state index in [4.69, 9.17) is 4.74 Å². The van der Waals surface area contributed by atoms with Crippen molar-refractivity contribution in [2.45, 2.75) is 39.3 Å². The van der Waals surface area contributed by atoms with Gasteiger partial charge in [0, 0.05) is 18.7 Å². The van der Waals surface area contributed by atoms with E-state index in [0.29, 0.717) is 24.4 Å². The summed E-state index contributed by atoms with van der Waals surface area (Å²) in [6, 6.07) is 14.1. The number of carbonyl (C=O) groups excluding carboxylic acids is 2. The molecule has 32 heavy (non-hydrogen) atoms. The van der Waals surface area contributed by atoms with Gasteiger partial charge in [0.1, 0.15) is 11.5 Å². The third-order valence-electron chi connectivity index (χ3n) is 5.53. The number of likely N-dealkylation sites (tertiary alicyclic amines) is 1. The van der Waals surface area contributed by atoms with Crippen LogP contribution in [0.3, 0.4) is 0 Å². The lowest BCUT2D eigenvalue weighted by atomic mass is 9.95. The number of nitrogens with zero attached hydrogens (tertiary/aromatic N) is 2. The van der Waals surface area contributed by atoms with Crippen molar-refractivity contribution in [2.75, 3.05) is 27.2 Å². The third-order valence-corrected chi connectivity index (χ3v) is 5.53. The van der Waals surface area contributed by atoms with Crippen molar-refractivity contribution in [3.05, 3.63) is 70.8 Å². The van der Waals surface area contributed by atoms with Crippen LogP contribution in [-0.2, 0) is 16.0 Å². The van der Waals surface area contributed by atoms with Gasteiger partial charge in [-0.05, 0) is 57.6 Å². The number of hydrogen-bond acceptors (Lipinski definition) is 5. The molecule has 0 aliphatic carbocycles. The zero-order valence-electron chi connectivity index (χ0n) is 19.5. The summed E-state index contributed by atoms with van der Waals surface area (Å²) in [5.41, 5.74) is 2.53. The van der Waals surface area contributed by atoms with E-state index < -0.39 is 17.7 Å². The molecule has 1 saturated heterocycles. The Balaban J connectivity index is 2.07. The van der Waals surface area contributed by atoms with E-state index in [9.17, 15) is 14.7 Å². The molecule has 6 nitrogen and oxygen atoms in total. The highest BCUT2D eigenvalue weighted by Gasteiger charge is 2.45. The van der Waals surface area contributed by atoms with E-state index in [2.05, 4.69) is 6.92 Å². The molecule has 0 bridgehead atoms. The summed E-state index contributed by atoms with van der Waals surface area (Å²) < 4.78 is 5.73. The molecule has 1 aliphatic rings. The normalized spacial score (nSPS) is 18.1. The van der Waals surface area contributed by atoms with Crippen molar-refractivity contribution in [1.82, 2.24) is 9.80 Å². The van der Waals surface area contributed by atoms with Crippen molar-refractivity contribution in [1.29, 1.82) is 0 Å². The summed E-state index contributed by atoms with van der Waals surface area (Å²) in [7, 11) is 3.83. The van der Waals surface area contributed by atoms with Crippen LogP contribution >= 0.6 is 0 Å². The first-order chi connectivity index (χ1) is 15.2. The van der Waals surface area contributed by atoms with Crippen LogP contribution in [0.5, 0.6) is 5.75 Å². The first-order valence-electron chi connectivity index (χ1n) is 11.0. The van der Waals surface area contributed by atoms with E-state index in [0.717, 1.165) is 17.5 Å². The topological polar surface area (TPSA) is 70.1 Å². The van der Waals surface area contributed by atoms with Gasteiger partial charge in [-0.1, -0.05) is 43.3 Å². The van der Waals surface area contributed by atoms with Crippen LogP contribution in [0.1, 0.15) is 43.5 Å². The number of carbonyl (C=O) groups is 2. The zero-order chi connectivity index (χ0) is 23.4. The molecule has 1 atom stereocenters. The number of aryl methyl sites for hydroxylation is 1. The smallest absolute Gasteiger partial charge is 0.295 e. The molecule has 0 aromatic heterocycles. The number of aliphatic hydroxyl groups excluding tert-OH is 1. The maximum Gasteiger partial charge on any atom is 0.295 e. The fraction of sp³-hybridized carbons (Fsp3) is 0.385. The Labute approximate surface area is 190 Å². The van der Waals surface area contributed by atoms with Gasteiger partial charge in [-0.3, -0.25) is 9.59 Å². The Kier molecular flexibility index (Phi) is 7.36. The summed E-state index contributed by atoms with van der Waals surface area (Å²) in [6.07, 6.45) is 0.915. The van der Waals surface area contributed by atoms with Gasteiger partial charge in [0.2, 0.25) is 0 Å². The Morgan fingerprint density at radius 1 is 1.06 bits per heavy atom. The van der Waals surface area contributed by atoms with Crippen molar-refractivity contribution in [2.24, 2.45) is 0 Å². The van der Waals surface area contributed by atoms with E-state index in [1.165, 1.54) is 0 Å². The quantitative estimate of drug-likeness (QED) is 0.385. The van der Waals surface area contributed by atoms with Gasteiger partial charge >= 0.3 is 0 Å². The summed E-state index contributed by atoms with van der Waals surface area (Å²) in [4.78, 5) is 29.5. The minimum atomic E-state index is -0.659. The van der Waals surface area contributed by atoms with Gasteiger partial charge in [0.25, 0.3) is 11.7 Å². The molecular weight excluding hydrogens is 404 g/mol. The highest BCUT2D eigenvalue weighted by Crippen LogP contribution is 2.39. The highest BCUT2D eigenvalue weighted by molar-refractivity contribution is 6.46. The molecule has 3 rings (SSSR count). The average Bonchev–Trinajstić information content (AvgIpc) is 3.02. The number of hydrogen-bond donors (Lipinski definition) is 1. The zero-order valence-corrected chi connectivity index (χ0v) is 19.5. The van der Waals surface area contributed by atoms with Gasteiger partial charge < -0.3 is 19.6 Å². The number of ketones is 1. The van der Waals surface area contributed by atoms with Gasteiger partial charge in [-0.15, -0.1) is 0 Å². The largest absolute Gasteiger partial charge is 0.507 e.